The molecule has 2 unspecified atom stereocenters. The molecule has 1 heterocycles. The molecule has 2 rings (SSSR count). The molecule has 0 aromatic heterocycles. The van der Waals surface area contributed by atoms with Crippen molar-refractivity contribution in [2.45, 2.75) is 38.9 Å². The minimum atomic E-state index is -0.766. The summed E-state index contributed by atoms with van der Waals surface area (Å²) in [6, 6.07) is 6.54. The number of anilines is 1. The monoisotopic (exact) mass is 349 g/mol. The standard InChI is InChI=1S/C18H23NO6/c1-12(20)14-5-3-6-15(9-14)19-17(21)11-25-18(22)13(2)24-10-16-7-4-8-23-16/h3,5-6,9,13,16H,4,7-8,10-11H2,1-2H3,(H,19,21). The topological polar surface area (TPSA) is 90.9 Å². The zero-order valence-corrected chi connectivity index (χ0v) is 14.4. The molecular formula is C18H23NO6. The van der Waals surface area contributed by atoms with Crippen LogP contribution < -0.4 is 5.32 Å². The molecule has 2 atom stereocenters. The largest absolute Gasteiger partial charge is 0.454 e. The number of ether oxygens (including phenoxy) is 3. The Kier molecular flexibility index (Phi) is 7.09. The van der Waals surface area contributed by atoms with Crippen LogP contribution in [0.3, 0.4) is 0 Å². The van der Waals surface area contributed by atoms with Crippen molar-refractivity contribution in [3.8, 4) is 0 Å². The molecule has 1 N–H and O–H groups in total. The molecule has 25 heavy (non-hydrogen) atoms. The van der Waals surface area contributed by atoms with Crippen molar-refractivity contribution >= 4 is 23.3 Å². The molecule has 1 saturated heterocycles. The fraction of sp³-hybridized carbons (Fsp3) is 0.500. The van der Waals surface area contributed by atoms with E-state index in [0.29, 0.717) is 17.9 Å². The van der Waals surface area contributed by atoms with E-state index in [4.69, 9.17) is 14.2 Å². The SMILES string of the molecule is CC(=O)c1cccc(NC(=O)COC(=O)C(C)OCC2CCCO2)c1. The van der Waals surface area contributed by atoms with Crippen molar-refractivity contribution in [2.24, 2.45) is 0 Å². The van der Waals surface area contributed by atoms with Gasteiger partial charge in [0.2, 0.25) is 0 Å². The highest BCUT2D eigenvalue weighted by Crippen LogP contribution is 2.13. The van der Waals surface area contributed by atoms with Gasteiger partial charge in [-0.1, -0.05) is 12.1 Å². The molecule has 1 fully saturated rings. The van der Waals surface area contributed by atoms with E-state index < -0.39 is 24.6 Å². The molecule has 7 heteroatoms. The lowest BCUT2D eigenvalue weighted by Crippen LogP contribution is -2.30. The molecule has 136 valence electrons. The van der Waals surface area contributed by atoms with E-state index in [1.165, 1.54) is 6.92 Å². The fourth-order valence-corrected chi connectivity index (χ4v) is 2.36. The van der Waals surface area contributed by atoms with Gasteiger partial charge in [-0.2, -0.15) is 0 Å². The third-order valence-corrected chi connectivity index (χ3v) is 3.79. The highest BCUT2D eigenvalue weighted by atomic mass is 16.6. The molecule has 1 amide bonds. The molecule has 0 saturated carbocycles. The van der Waals surface area contributed by atoms with Crippen LogP contribution in [0.1, 0.15) is 37.0 Å². The Balaban J connectivity index is 1.72. The number of benzene rings is 1. The lowest BCUT2D eigenvalue weighted by molar-refractivity contribution is -0.159. The van der Waals surface area contributed by atoms with Crippen LogP contribution in [0.2, 0.25) is 0 Å². The van der Waals surface area contributed by atoms with E-state index >= 15 is 0 Å². The van der Waals surface area contributed by atoms with Gasteiger partial charge < -0.3 is 19.5 Å². The molecule has 1 aromatic carbocycles. The van der Waals surface area contributed by atoms with Crippen LogP contribution in [0.15, 0.2) is 24.3 Å². The summed E-state index contributed by atoms with van der Waals surface area (Å²) in [6.45, 7) is 3.65. The first kappa shape index (κ1) is 19.1. The number of Topliss-reactive ketones (excluding diaryl/α,β-unsaturated/α-hetero) is 1. The van der Waals surface area contributed by atoms with E-state index in [1.54, 1.807) is 31.2 Å². The van der Waals surface area contributed by atoms with Gasteiger partial charge in [0.1, 0.15) is 0 Å². The first-order chi connectivity index (χ1) is 12.0. The Labute approximate surface area is 146 Å². The van der Waals surface area contributed by atoms with Gasteiger partial charge in [0.15, 0.2) is 18.5 Å². The Bertz CT molecular complexity index is 624. The summed E-state index contributed by atoms with van der Waals surface area (Å²) in [6.07, 6.45) is 1.17. The molecule has 0 bridgehead atoms. The zero-order chi connectivity index (χ0) is 18.2. The van der Waals surface area contributed by atoms with Gasteiger partial charge in [0, 0.05) is 17.9 Å². The number of carbonyl (C=O) groups is 3. The summed E-state index contributed by atoms with van der Waals surface area (Å²) in [4.78, 5) is 35.0. The Morgan fingerprint density at radius 3 is 2.84 bits per heavy atom. The van der Waals surface area contributed by atoms with Crippen molar-refractivity contribution in [2.75, 3.05) is 25.1 Å². The second-order valence-corrected chi connectivity index (χ2v) is 5.90. The van der Waals surface area contributed by atoms with Crippen LogP contribution in [0.25, 0.3) is 0 Å². The molecule has 7 nitrogen and oxygen atoms in total. The smallest absolute Gasteiger partial charge is 0.335 e. The van der Waals surface area contributed by atoms with Gasteiger partial charge >= 0.3 is 5.97 Å². The average Bonchev–Trinajstić information content (AvgIpc) is 3.11. The molecule has 1 aliphatic rings. The Hall–Kier alpha value is -2.25. The molecule has 0 spiro atoms. The molecule has 0 aliphatic carbocycles. The minimum absolute atomic E-state index is 0.0205. The Morgan fingerprint density at radius 2 is 2.16 bits per heavy atom. The molecular weight excluding hydrogens is 326 g/mol. The van der Waals surface area contributed by atoms with Gasteiger partial charge in [-0.3, -0.25) is 9.59 Å². The quantitative estimate of drug-likeness (QED) is 0.570. The summed E-state index contributed by atoms with van der Waals surface area (Å²) >= 11 is 0. The zero-order valence-electron chi connectivity index (χ0n) is 14.4. The van der Waals surface area contributed by atoms with Crippen LogP contribution in [0.5, 0.6) is 0 Å². The molecule has 1 aromatic rings. The third kappa shape index (κ3) is 6.28. The maximum absolute atomic E-state index is 11.9. The normalized spacial score (nSPS) is 17.8. The number of carbonyl (C=O) groups excluding carboxylic acids is 3. The van der Waals surface area contributed by atoms with Crippen LogP contribution in [0.4, 0.5) is 5.69 Å². The van der Waals surface area contributed by atoms with Gasteiger partial charge in [-0.05, 0) is 38.8 Å². The minimum Gasteiger partial charge on any atom is -0.454 e. The number of hydrogen-bond donors (Lipinski definition) is 1. The van der Waals surface area contributed by atoms with Crippen LogP contribution in [0, 0.1) is 0 Å². The van der Waals surface area contributed by atoms with E-state index in [2.05, 4.69) is 5.32 Å². The molecule has 1 aliphatic heterocycles. The van der Waals surface area contributed by atoms with Gasteiger partial charge in [-0.25, -0.2) is 4.79 Å². The van der Waals surface area contributed by atoms with Crippen molar-refractivity contribution < 1.29 is 28.6 Å². The summed E-state index contributed by atoms with van der Waals surface area (Å²) in [5.41, 5.74) is 0.961. The number of rotatable bonds is 8. The van der Waals surface area contributed by atoms with Gasteiger partial charge in [0.05, 0.1) is 12.7 Å². The van der Waals surface area contributed by atoms with Crippen LogP contribution in [-0.2, 0) is 23.8 Å². The number of esters is 1. The second kappa shape index (κ2) is 9.29. The Morgan fingerprint density at radius 1 is 1.36 bits per heavy atom. The predicted molar refractivity (Wildman–Crippen MR) is 90.4 cm³/mol. The number of hydrogen-bond acceptors (Lipinski definition) is 6. The number of amides is 1. The first-order valence-electron chi connectivity index (χ1n) is 8.26. The average molecular weight is 349 g/mol. The van der Waals surface area contributed by atoms with E-state index in [0.717, 1.165) is 19.4 Å². The summed E-state index contributed by atoms with van der Waals surface area (Å²) in [5.74, 6) is -1.19. The number of ketones is 1. The predicted octanol–water partition coefficient (Wildman–Crippen LogP) is 1.95. The fourth-order valence-electron chi connectivity index (χ4n) is 2.36. The van der Waals surface area contributed by atoms with E-state index in [9.17, 15) is 14.4 Å². The van der Waals surface area contributed by atoms with Crippen LogP contribution in [-0.4, -0.2) is 49.7 Å². The molecule has 0 radical (unpaired) electrons. The lowest BCUT2D eigenvalue weighted by Gasteiger charge is -2.15. The highest BCUT2D eigenvalue weighted by molar-refractivity contribution is 5.97. The maximum Gasteiger partial charge on any atom is 0.335 e. The van der Waals surface area contributed by atoms with Crippen molar-refractivity contribution in [1.29, 1.82) is 0 Å². The summed E-state index contributed by atoms with van der Waals surface area (Å²) in [5, 5.41) is 2.58. The van der Waals surface area contributed by atoms with Crippen molar-refractivity contribution in [3.63, 3.8) is 0 Å². The lowest BCUT2D eigenvalue weighted by atomic mass is 10.1. The van der Waals surface area contributed by atoms with E-state index in [1.807, 2.05) is 0 Å². The number of nitrogens with one attached hydrogen (secondary N) is 1. The van der Waals surface area contributed by atoms with Gasteiger partial charge in [0.25, 0.3) is 5.91 Å². The summed E-state index contributed by atoms with van der Waals surface area (Å²) < 4.78 is 15.8. The third-order valence-electron chi connectivity index (χ3n) is 3.79. The van der Waals surface area contributed by atoms with Crippen molar-refractivity contribution in [3.05, 3.63) is 29.8 Å². The van der Waals surface area contributed by atoms with Crippen LogP contribution >= 0.6 is 0 Å². The van der Waals surface area contributed by atoms with Crippen molar-refractivity contribution in [1.82, 2.24) is 0 Å². The summed E-state index contributed by atoms with van der Waals surface area (Å²) in [7, 11) is 0. The van der Waals surface area contributed by atoms with E-state index in [-0.39, 0.29) is 11.9 Å². The maximum atomic E-state index is 11.9. The highest BCUT2D eigenvalue weighted by Gasteiger charge is 2.21. The first-order valence-corrected chi connectivity index (χ1v) is 8.26. The van der Waals surface area contributed by atoms with Gasteiger partial charge in [-0.15, -0.1) is 0 Å². The second-order valence-electron chi connectivity index (χ2n) is 5.90.